The van der Waals surface area contributed by atoms with Crippen molar-refractivity contribution < 1.29 is 0 Å². The molecule has 1 aromatic heterocycles. The molecule has 0 spiro atoms. The zero-order chi connectivity index (χ0) is 12.5. The third-order valence-corrected chi connectivity index (χ3v) is 3.34. The molecule has 1 N–H and O–H groups in total. The van der Waals surface area contributed by atoms with E-state index in [1.807, 2.05) is 11.7 Å². The largest absolute Gasteiger partial charge is 0.314 e. The van der Waals surface area contributed by atoms with Crippen LogP contribution in [0, 0.1) is 0 Å². The third kappa shape index (κ3) is 3.07. The maximum Gasteiger partial charge on any atom is 0.0681 e. The van der Waals surface area contributed by atoms with Crippen LogP contribution in [0.1, 0.15) is 32.2 Å². The first-order valence-corrected chi connectivity index (χ1v) is 6.43. The maximum atomic E-state index is 4.62. The Bertz CT molecular complexity index is 369. The molecule has 0 bridgehead atoms. The summed E-state index contributed by atoms with van der Waals surface area (Å²) >= 11 is 0. The van der Waals surface area contributed by atoms with E-state index >= 15 is 0 Å². The monoisotopic (exact) mass is 236 g/mol. The number of piperazine rings is 1. The summed E-state index contributed by atoms with van der Waals surface area (Å²) < 4.78 is 2.03. The van der Waals surface area contributed by atoms with Crippen LogP contribution in [0.15, 0.2) is 6.07 Å². The molecular weight excluding hydrogens is 212 g/mol. The maximum absolute atomic E-state index is 4.62. The minimum absolute atomic E-state index is 0.138. The normalized spacial score (nSPS) is 18.6. The highest BCUT2D eigenvalue weighted by atomic mass is 15.3. The lowest BCUT2D eigenvalue weighted by Gasteiger charge is -2.26. The van der Waals surface area contributed by atoms with Crippen molar-refractivity contribution in [3.63, 3.8) is 0 Å². The molecule has 0 aromatic carbocycles. The molecule has 0 amide bonds. The molecule has 1 saturated heterocycles. The number of aryl methyl sites for hydroxylation is 1. The summed E-state index contributed by atoms with van der Waals surface area (Å²) in [6, 6.07) is 2.25. The number of nitrogens with one attached hydrogen (secondary N) is 1. The van der Waals surface area contributed by atoms with E-state index in [0.29, 0.717) is 0 Å². The van der Waals surface area contributed by atoms with Crippen molar-refractivity contribution >= 4 is 0 Å². The minimum Gasteiger partial charge on any atom is -0.314 e. The molecule has 2 rings (SSSR count). The summed E-state index contributed by atoms with van der Waals surface area (Å²) in [5, 5.41) is 8.00. The summed E-state index contributed by atoms with van der Waals surface area (Å²) in [7, 11) is 2.05. The number of nitrogens with zero attached hydrogens (tertiary/aromatic N) is 3. The molecule has 1 aromatic rings. The van der Waals surface area contributed by atoms with E-state index in [0.717, 1.165) is 32.7 Å². The van der Waals surface area contributed by atoms with Gasteiger partial charge in [-0.05, 0) is 6.07 Å². The lowest BCUT2D eigenvalue weighted by atomic mass is 9.92. The zero-order valence-electron chi connectivity index (χ0n) is 11.5. The van der Waals surface area contributed by atoms with Crippen molar-refractivity contribution in [3.05, 3.63) is 17.5 Å². The molecule has 0 unspecified atom stereocenters. The first-order chi connectivity index (χ1) is 7.97. The second-order valence-electron chi connectivity index (χ2n) is 5.92. The number of hydrogen-bond donors (Lipinski definition) is 1. The fourth-order valence-corrected chi connectivity index (χ4v) is 2.12. The van der Waals surface area contributed by atoms with Gasteiger partial charge < -0.3 is 5.32 Å². The topological polar surface area (TPSA) is 33.1 Å². The minimum atomic E-state index is 0.138. The molecule has 4 heteroatoms. The fraction of sp³-hybridized carbons (Fsp3) is 0.769. The molecule has 17 heavy (non-hydrogen) atoms. The van der Waals surface area contributed by atoms with Gasteiger partial charge in [-0.2, -0.15) is 5.10 Å². The van der Waals surface area contributed by atoms with Gasteiger partial charge in [0, 0.05) is 45.2 Å². The Labute approximate surface area is 104 Å². The van der Waals surface area contributed by atoms with Crippen LogP contribution in [0.25, 0.3) is 0 Å². The van der Waals surface area contributed by atoms with Crippen molar-refractivity contribution in [2.24, 2.45) is 7.05 Å². The van der Waals surface area contributed by atoms with E-state index in [9.17, 15) is 0 Å². The quantitative estimate of drug-likeness (QED) is 0.835. The van der Waals surface area contributed by atoms with Crippen LogP contribution in [-0.2, 0) is 19.0 Å². The van der Waals surface area contributed by atoms with E-state index in [4.69, 9.17) is 0 Å². The molecule has 1 aliphatic rings. The summed E-state index contributed by atoms with van der Waals surface area (Å²) in [5.41, 5.74) is 2.64. The molecule has 4 nitrogen and oxygen atoms in total. The molecule has 2 heterocycles. The Kier molecular flexibility index (Phi) is 3.54. The highest BCUT2D eigenvalue weighted by Gasteiger charge is 2.20. The highest BCUT2D eigenvalue weighted by molar-refractivity contribution is 5.17. The molecule has 1 aliphatic heterocycles. The first kappa shape index (κ1) is 12.6. The highest BCUT2D eigenvalue weighted by Crippen LogP contribution is 2.21. The van der Waals surface area contributed by atoms with Crippen molar-refractivity contribution in [2.45, 2.75) is 32.7 Å². The van der Waals surface area contributed by atoms with E-state index in [1.54, 1.807) is 0 Å². The lowest BCUT2D eigenvalue weighted by molar-refractivity contribution is 0.228. The van der Waals surface area contributed by atoms with Gasteiger partial charge in [0.15, 0.2) is 0 Å². The second-order valence-corrected chi connectivity index (χ2v) is 5.92. The Balaban J connectivity index is 2.07. The summed E-state index contributed by atoms with van der Waals surface area (Å²) in [6.45, 7) is 12.1. The summed E-state index contributed by atoms with van der Waals surface area (Å²) in [4.78, 5) is 2.49. The predicted molar refractivity (Wildman–Crippen MR) is 70.1 cm³/mol. The van der Waals surface area contributed by atoms with Crippen molar-refractivity contribution in [1.29, 1.82) is 0 Å². The molecule has 0 atom stereocenters. The van der Waals surface area contributed by atoms with Gasteiger partial charge in [0.25, 0.3) is 0 Å². The van der Waals surface area contributed by atoms with Gasteiger partial charge in [-0.15, -0.1) is 0 Å². The predicted octanol–water partition coefficient (Wildman–Crippen LogP) is 1.12. The molecule has 1 fully saturated rings. The lowest BCUT2D eigenvalue weighted by Crippen LogP contribution is -2.43. The molecule has 0 aliphatic carbocycles. The molecular formula is C13H24N4. The molecule has 96 valence electrons. The van der Waals surface area contributed by atoms with E-state index in [-0.39, 0.29) is 5.41 Å². The van der Waals surface area contributed by atoms with Crippen LogP contribution in [0.2, 0.25) is 0 Å². The smallest absolute Gasteiger partial charge is 0.0681 e. The Morgan fingerprint density at radius 1 is 1.29 bits per heavy atom. The van der Waals surface area contributed by atoms with Crippen molar-refractivity contribution in [2.75, 3.05) is 26.2 Å². The van der Waals surface area contributed by atoms with E-state index < -0.39 is 0 Å². The zero-order valence-corrected chi connectivity index (χ0v) is 11.5. The van der Waals surface area contributed by atoms with Gasteiger partial charge in [0.2, 0.25) is 0 Å². The van der Waals surface area contributed by atoms with Crippen LogP contribution in [0.3, 0.4) is 0 Å². The van der Waals surface area contributed by atoms with Crippen LogP contribution >= 0.6 is 0 Å². The Morgan fingerprint density at radius 2 is 1.94 bits per heavy atom. The number of aromatic nitrogens is 2. The first-order valence-electron chi connectivity index (χ1n) is 6.43. The van der Waals surface area contributed by atoms with Crippen LogP contribution < -0.4 is 5.32 Å². The third-order valence-electron chi connectivity index (χ3n) is 3.34. The van der Waals surface area contributed by atoms with Crippen molar-refractivity contribution in [1.82, 2.24) is 20.0 Å². The average molecular weight is 236 g/mol. The molecule has 0 saturated carbocycles. The van der Waals surface area contributed by atoms with Gasteiger partial charge in [0.05, 0.1) is 11.4 Å². The molecule has 0 radical (unpaired) electrons. The summed E-state index contributed by atoms with van der Waals surface area (Å²) in [5.74, 6) is 0. The van der Waals surface area contributed by atoms with E-state index in [1.165, 1.54) is 11.4 Å². The van der Waals surface area contributed by atoms with Crippen LogP contribution in [-0.4, -0.2) is 40.9 Å². The Hall–Kier alpha value is -0.870. The van der Waals surface area contributed by atoms with Gasteiger partial charge in [-0.25, -0.2) is 0 Å². The van der Waals surface area contributed by atoms with Crippen LogP contribution in [0.5, 0.6) is 0 Å². The standard InChI is InChI=1S/C13H24N4/c1-13(2,3)12-9-11(16(4)15-12)10-17-7-5-14-6-8-17/h9,14H,5-8,10H2,1-4H3. The van der Waals surface area contributed by atoms with Crippen molar-refractivity contribution in [3.8, 4) is 0 Å². The SMILES string of the molecule is Cn1nc(C(C)(C)C)cc1CN1CCNCC1. The summed E-state index contributed by atoms with van der Waals surface area (Å²) in [6.07, 6.45) is 0. The van der Waals surface area contributed by atoms with Gasteiger partial charge in [-0.3, -0.25) is 9.58 Å². The average Bonchev–Trinajstić information content (AvgIpc) is 2.62. The van der Waals surface area contributed by atoms with Gasteiger partial charge in [-0.1, -0.05) is 20.8 Å². The van der Waals surface area contributed by atoms with Gasteiger partial charge in [0.1, 0.15) is 0 Å². The fourth-order valence-electron chi connectivity index (χ4n) is 2.12. The van der Waals surface area contributed by atoms with Crippen LogP contribution in [0.4, 0.5) is 0 Å². The van der Waals surface area contributed by atoms with E-state index in [2.05, 4.69) is 42.2 Å². The second kappa shape index (κ2) is 4.78. The number of hydrogen-bond acceptors (Lipinski definition) is 3. The number of rotatable bonds is 2. The van der Waals surface area contributed by atoms with Gasteiger partial charge >= 0.3 is 0 Å². The Morgan fingerprint density at radius 3 is 2.47 bits per heavy atom.